The second-order valence-corrected chi connectivity index (χ2v) is 4.60. The summed E-state index contributed by atoms with van der Waals surface area (Å²) in [5, 5.41) is 9.53. The monoisotopic (exact) mass is 229 g/mol. The van der Waals surface area contributed by atoms with Crippen molar-refractivity contribution in [2.24, 2.45) is 11.8 Å². The Morgan fingerprint density at radius 3 is 2.81 bits per heavy atom. The van der Waals surface area contributed by atoms with Gasteiger partial charge >= 0.3 is 0 Å². The van der Waals surface area contributed by atoms with E-state index in [-0.39, 0.29) is 24.0 Å². The van der Waals surface area contributed by atoms with Gasteiger partial charge in [-0.25, -0.2) is 5.84 Å². The third kappa shape index (κ3) is 3.17. The highest BCUT2D eigenvalue weighted by atomic mass is 16.3. The van der Waals surface area contributed by atoms with E-state index >= 15 is 0 Å². The number of rotatable bonds is 5. The highest BCUT2D eigenvalue weighted by Crippen LogP contribution is 2.23. The van der Waals surface area contributed by atoms with E-state index in [2.05, 4.69) is 17.2 Å². The van der Waals surface area contributed by atoms with Crippen LogP contribution in [0.1, 0.15) is 33.1 Å². The fraction of sp³-hybridized carbons (Fsp3) is 0.909. The van der Waals surface area contributed by atoms with Gasteiger partial charge in [0.05, 0.1) is 12.1 Å². The number of nitrogens with zero attached hydrogens (tertiary/aromatic N) is 1. The molecule has 3 unspecified atom stereocenters. The number of nitrogens with one attached hydrogen (secondary N) is 1. The van der Waals surface area contributed by atoms with E-state index in [1.165, 1.54) is 0 Å². The summed E-state index contributed by atoms with van der Waals surface area (Å²) in [5.74, 6) is 5.35. The van der Waals surface area contributed by atoms with Gasteiger partial charge in [-0.2, -0.15) is 0 Å². The molecule has 5 heteroatoms. The van der Waals surface area contributed by atoms with Gasteiger partial charge in [0.1, 0.15) is 0 Å². The zero-order valence-corrected chi connectivity index (χ0v) is 10.1. The van der Waals surface area contributed by atoms with Gasteiger partial charge in [0.25, 0.3) is 5.91 Å². The van der Waals surface area contributed by atoms with Crippen molar-refractivity contribution in [3.05, 3.63) is 0 Å². The number of hydrazine groups is 1. The van der Waals surface area contributed by atoms with Gasteiger partial charge in [-0.15, -0.1) is 0 Å². The Morgan fingerprint density at radius 2 is 2.38 bits per heavy atom. The quantitative estimate of drug-likeness (QED) is 0.348. The summed E-state index contributed by atoms with van der Waals surface area (Å²) in [6.45, 7) is 5.52. The third-order valence-corrected chi connectivity index (χ3v) is 3.39. The van der Waals surface area contributed by atoms with Crippen molar-refractivity contribution in [3.8, 4) is 0 Å². The summed E-state index contributed by atoms with van der Waals surface area (Å²) in [4.78, 5) is 13.8. The minimum atomic E-state index is -0.298. The highest BCUT2D eigenvalue weighted by molar-refractivity contribution is 5.81. The van der Waals surface area contributed by atoms with Crippen LogP contribution in [0.15, 0.2) is 0 Å². The number of carbonyl (C=O) groups is 1. The summed E-state index contributed by atoms with van der Waals surface area (Å²) in [6.07, 6.45) is 2.42. The number of hydrogen-bond donors (Lipinski definition) is 3. The maximum absolute atomic E-state index is 11.6. The van der Waals surface area contributed by atoms with Crippen molar-refractivity contribution in [3.63, 3.8) is 0 Å². The minimum absolute atomic E-state index is 0.118. The molecule has 1 saturated heterocycles. The summed E-state index contributed by atoms with van der Waals surface area (Å²) < 4.78 is 0. The van der Waals surface area contributed by atoms with Gasteiger partial charge in [0, 0.05) is 6.54 Å². The molecule has 3 atom stereocenters. The van der Waals surface area contributed by atoms with Crippen LogP contribution in [0, 0.1) is 5.92 Å². The van der Waals surface area contributed by atoms with Gasteiger partial charge in [0.2, 0.25) is 0 Å². The minimum Gasteiger partial charge on any atom is -0.393 e. The fourth-order valence-corrected chi connectivity index (χ4v) is 2.34. The van der Waals surface area contributed by atoms with E-state index in [1.807, 2.05) is 6.92 Å². The van der Waals surface area contributed by atoms with Gasteiger partial charge in [0.15, 0.2) is 0 Å². The molecule has 0 aromatic carbocycles. The molecule has 16 heavy (non-hydrogen) atoms. The van der Waals surface area contributed by atoms with E-state index in [0.29, 0.717) is 0 Å². The molecular weight excluding hydrogens is 206 g/mol. The maximum atomic E-state index is 11.6. The van der Waals surface area contributed by atoms with Crippen LogP contribution in [0.2, 0.25) is 0 Å². The molecule has 0 bridgehead atoms. The van der Waals surface area contributed by atoms with Crippen LogP contribution >= 0.6 is 0 Å². The lowest BCUT2D eigenvalue weighted by Crippen LogP contribution is -2.48. The van der Waals surface area contributed by atoms with E-state index in [0.717, 1.165) is 32.4 Å². The Kier molecular flexibility index (Phi) is 5.18. The van der Waals surface area contributed by atoms with Crippen LogP contribution in [0.25, 0.3) is 0 Å². The van der Waals surface area contributed by atoms with Crippen LogP contribution < -0.4 is 11.3 Å². The average molecular weight is 229 g/mol. The molecule has 1 amide bonds. The number of amides is 1. The summed E-state index contributed by atoms with van der Waals surface area (Å²) in [6, 6.07) is -0.140. The lowest BCUT2D eigenvalue weighted by atomic mass is 10.0. The Bertz CT molecular complexity index is 233. The van der Waals surface area contributed by atoms with Crippen LogP contribution in [0.5, 0.6) is 0 Å². The van der Waals surface area contributed by atoms with E-state index < -0.39 is 0 Å². The molecule has 1 aliphatic rings. The van der Waals surface area contributed by atoms with Crippen molar-refractivity contribution in [1.82, 2.24) is 10.3 Å². The molecule has 0 aromatic rings. The zero-order chi connectivity index (χ0) is 12.1. The Labute approximate surface area is 97.0 Å². The molecule has 0 spiro atoms. The molecule has 1 aliphatic heterocycles. The largest absolute Gasteiger partial charge is 0.393 e. The number of aliphatic hydroxyl groups excluding tert-OH is 1. The smallest absolute Gasteiger partial charge is 0.251 e. The molecule has 0 saturated carbocycles. The van der Waals surface area contributed by atoms with Gasteiger partial charge < -0.3 is 5.11 Å². The molecule has 4 N–H and O–H groups in total. The number of aliphatic hydroxyl groups is 1. The first-order valence-electron chi connectivity index (χ1n) is 6.02. The van der Waals surface area contributed by atoms with Crippen molar-refractivity contribution >= 4 is 5.91 Å². The van der Waals surface area contributed by atoms with Crippen LogP contribution in [-0.2, 0) is 4.79 Å². The molecule has 1 heterocycles. The Hall–Kier alpha value is -0.650. The SMILES string of the molecule is CCCC(C(=O)NN)N1CCC(C(C)O)C1. The molecule has 0 aliphatic carbocycles. The van der Waals surface area contributed by atoms with Gasteiger partial charge in [-0.05, 0) is 32.2 Å². The standard InChI is InChI=1S/C11H23N3O2/c1-3-4-10(11(16)13-12)14-6-5-9(7-14)8(2)15/h8-10,15H,3-7,12H2,1-2H3,(H,13,16). The average Bonchev–Trinajstić information content (AvgIpc) is 2.74. The van der Waals surface area contributed by atoms with E-state index in [9.17, 15) is 9.90 Å². The molecule has 0 aromatic heterocycles. The second kappa shape index (κ2) is 6.18. The number of likely N-dealkylation sites (tertiary alicyclic amines) is 1. The Morgan fingerprint density at radius 1 is 1.69 bits per heavy atom. The molecule has 0 radical (unpaired) electrons. The Balaban J connectivity index is 2.56. The summed E-state index contributed by atoms with van der Waals surface area (Å²) >= 11 is 0. The highest BCUT2D eigenvalue weighted by Gasteiger charge is 2.33. The van der Waals surface area contributed by atoms with Gasteiger partial charge in [-0.1, -0.05) is 13.3 Å². The molecule has 1 fully saturated rings. The van der Waals surface area contributed by atoms with Gasteiger partial charge in [-0.3, -0.25) is 15.1 Å². The predicted molar refractivity (Wildman–Crippen MR) is 62.4 cm³/mol. The first-order valence-corrected chi connectivity index (χ1v) is 6.02. The van der Waals surface area contributed by atoms with Crippen LogP contribution in [-0.4, -0.2) is 41.1 Å². The molecule has 1 rings (SSSR count). The van der Waals surface area contributed by atoms with Crippen LogP contribution in [0.3, 0.4) is 0 Å². The lowest BCUT2D eigenvalue weighted by molar-refractivity contribution is -0.126. The normalized spacial score (nSPS) is 25.4. The first kappa shape index (κ1) is 13.4. The van der Waals surface area contributed by atoms with E-state index in [4.69, 9.17) is 5.84 Å². The fourth-order valence-electron chi connectivity index (χ4n) is 2.34. The van der Waals surface area contributed by atoms with Crippen molar-refractivity contribution in [2.45, 2.75) is 45.3 Å². The maximum Gasteiger partial charge on any atom is 0.251 e. The summed E-state index contributed by atoms with van der Waals surface area (Å²) in [5.41, 5.74) is 2.23. The first-order chi connectivity index (χ1) is 7.60. The summed E-state index contributed by atoms with van der Waals surface area (Å²) in [7, 11) is 0. The van der Waals surface area contributed by atoms with E-state index in [1.54, 1.807) is 0 Å². The number of carbonyl (C=O) groups excluding carboxylic acids is 1. The number of nitrogens with two attached hydrogens (primary N) is 1. The van der Waals surface area contributed by atoms with Crippen molar-refractivity contribution in [1.29, 1.82) is 0 Å². The second-order valence-electron chi connectivity index (χ2n) is 4.60. The molecule has 5 nitrogen and oxygen atoms in total. The number of hydrogen-bond acceptors (Lipinski definition) is 4. The molecular formula is C11H23N3O2. The van der Waals surface area contributed by atoms with Crippen LogP contribution in [0.4, 0.5) is 0 Å². The van der Waals surface area contributed by atoms with Crippen molar-refractivity contribution < 1.29 is 9.90 Å². The van der Waals surface area contributed by atoms with Crippen molar-refractivity contribution in [2.75, 3.05) is 13.1 Å². The zero-order valence-electron chi connectivity index (χ0n) is 10.1. The predicted octanol–water partition coefficient (Wildman–Crippen LogP) is -0.152. The topological polar surface area (TPSA) is 78.6 Å². The third-order valence-electron chi connectivity index (χ3n) is 3.39. The lowest BCUT2D eigenvalue weighted by Gasteiger charge is -2.26. The molecule has 94 valence electrons.